The molecule has 0 aliphatic carbocycles. The first-order chi connectivity index (χ1) is 44.2. The Labute approximate surface area is 514 Å². The molecule has 0 unspecified atom stereocenters. The van der Waals surface area contributed by atoms with Gasteiger partial charge in [-0.25, -0.2) is 0 Å². The molecule has 0 bridgehead atoms. The molecule has 19 rings (SSSR count). The van der Waals surface area contributed by atoms with Gasteiger partial charge in [-0.2, -0.15) is 0 Å². The Bertz CT molecular complexity index is 5550. The van der Waals surface area contributed by atoms with Crippen LogP contribution in [-0.2, 0) is 0 Å². The Morgan fingerprint density at radius 3 is 1.37 bits per heavy atom. The highest BCUT2D eigenvalue weighted by Gasteiger charge is 2.46. The summed E-state index contributed by atoms with van der Waals surface area (Å²) < 4.78 is 12.7. The van der Waals surface area contributed by atoms with Crippen molar-refractivity contribution >= 4 is 106 Å². The monoisotopic (exact) mass is 1130 g/mol. The fourth-order valence-corrected chi connectivity index (χ4v) is 15.2. The first-order valence-corrected chi connectivity index (χ1v) is 30.8. The average molecular weight is 1130 g/mol. The minimum Gasteiger partial charge on any atom is -0.454 e. The maximum atomic E-state index is 7.56. The van der Waals surface area contributed by atoms with Gasteiger partial charge < -0.3 is 18.5 Å². The van der Waals surface area contributed by atoms with Gasteiger partial charge in [0.1, 0.15) is 5.58 Å². The molecule has 0 amide bonds. The maximum Gasteiger partial charge on any atom is 0.253 e. The molecule has 0 fully saturated rings. The largest absolute Gasteiger partial charge is 0.454 e. The predicted molar refractivity (Wildman–Crippen MR) is 374 cm³/mol. The molecule has 0 radical (unpaired) electrons. The number of nitrogens with zero attached hydrogens (tertiary/aromatic N) is 3. The van der Waals surface area contributed by atoms with Crippen molar-refractivity contribution in [2.75, 3.05) is 4.90 Å². The van der Waals surface area contributed by atoms with Crippen LogP contribution in [0.2, 0.25) is 0 Å². The van der Waals surface area contributed by atoms with Crippen molar-refractivity contribution in [3.8, 4) is 78.1 Å². The molecule has 4 nitrogen and oxygen atoms in total. The van der Waals surface area contributed by atoms with E-state index in [0.717, 1.165) is 78.1 Å². The Balaban J connectivity index is 0.989. The van der Waals surface area contributed by atoms with Crippen LogP contribution in [-0.4, -0.2) is 15.8 Å². The first-order valence-electron chi connectivity index (χ1n) is 30.8. The van der Waals surface area contributed by atoms with Gasteiger partial charge in [-0.05, 0) is 121 Å². The van der Waals surface area contributed by atoms with Crippen molar-refractivity contribution in [3.05, 3.63) is 315 Å². The average Bonchev–Trinajstić information content (AvgIpc) is 1.70. The fraction of sp³-hybridized carbons (Fsp3) is 0. The van der Waals surface area contributed by atoms with Gasteiger partial charge in [0.2, 0.25) is 0 Å². The van der Waals surface area contributed by atoms with E-state index in [1.165, 1.54) is 99.0 Å². The summed E-state index contributed by atoms with van der Waals surface area (Å²) in [6.07, 6.45) is 0. The maximum absolute atomic E-state index is 7.56. The molecule has 89 heavy (non-hydrogen) atoms. The molecule has 14 aromatic carbocycles. The van der Waals surface area contributed by atoms with E-state index < -0.39 is 0 Å². The molecule has 0 N–H and O–H groups in total. The summed E-state index contributed by atoms with van der Waals surface area (Å²) in [5.41, 5.74) is 29.4. The van der Waals surface area contributed by atoms with E-state index in [2.05, 4.69) is 329 Å². The molecule has 5 heteroatoms. The number of hydrogen-bond donors (Lipinski definition) is 0. The number of furan rings is 1. The molecular formula is C84H52BN3O. The van der Waals surface area contributed by atoms with Crippen LogP contribution in [0.1, 0.15) is 0 Å². The van der Waals surface area contributed by atoms with Crippen molar-refractivity contribution in [1.82, 2.24) is 9.13 Å². The first kappa shape index (κ1) is 49.6. The van der Waals surface area contributed by atoms with Crippen LogP contribution < -0.4 is 21.3 Å². The summed E-state index contributed by atoms with van der Waals surface area (Å²) in [6, 6.07) is 117. The number of aromatic nitrogens is 2. The molecule has 0 spiro atoms. The van der Waals surface area contributed by atoms with Crippen LogP contribution in [0.5, 0.6) is 0 Å². The van der Waals surface area contributed by atoms with Crippen LogP contribution in [0.15, 0.2) is 320 Å². The molecule has 412 valence electrons. The van der Waals surface area contributed by atoms with Crippen molar-refractivity contribution in [2.45, 2.75) is 0 Å². The van der Waals surface area contributed by atoms with Gasteiger partial charge in [0, 0.05) is 66.0 Å². The van der Waals surface area contributed by atoms with Gasteiger partial charge in [-0.15, -0.1) is 0 Å². The molecule has 5 heterocycles. The number of para-hydroxylation sites is 4. The minimum atomic E-state index is -0.271. The predicted octanol–water partition coefficient (Wildman–Crippen LogP) is 20.4. The molecule has 2 aliphatic heterocycles. The SMILES string of the molecule is c1ccc(-c2ccc(-c3cccc(-c4ccc(-c5ccccc5)cc4)c3N3c4ccc(-n5c6ccccc6c6ccccc65)cc4B4c5c(cc6c(oc7ccccc76)c53)-n3c5cc(-c6ccccc6)ccc5c5ccc(-c6ccccc6)c4c53)cc2)cc1. The van der Waals surface area contributed by atoms with E-state index >= 15 is 0 Å². The molecule has 0 atom stereocenters. The molecule has 0 saturated heterocycles. The molecule has 0 saturated carbocycles. The highest BCUT2D eigenvalue weighted by atomic mass is 16.3. The van der Waals surface area contributed by atoms with Gasteiger partial charge in [-0.1, -0.05) is 267 Å². The zero-order valence-electron chi connectivity index (χ0n) is 48.3. The van der Waals surface area contributed by atoms with Gasteiger partial charge >= 0.3 is 0 Å². The van der Waals surface area contributed by atoms with Crippen molar-refractivity contribution in [2.24, 2.45) is 0 Å². The van der Waals surface area contributed by atoms with E-state index in [0.29, 0.717) is 0 Å². The Kier molecular flexibility index (Phi) is 10.8. The van der Waals surface area contributed by atoms with Crippen molar-refractivity contribution < 1.29 is 4.42 Å². The van der Waals surface area contributed by atoms with E-state index in [4.69, 9.17) is 4.42 Å². The van der Waals surface area contributed by atoms with E-state index in [9.17, 15) is 0 Å². The standard InChI is InChI=1S/C84H52BN3O/c1-5-20-53(21-6-1)56-36-40-59(41-37-56)64-31-19-32-65(60-42-38-57(39-43-60)54-22-7-2-8-23-54)81(64)88-75-49-45-62(86-73-33-16-13-28-66(73)67-29-14-17-34-74(67)86)51-72(75)85-79-63(58-26-11-4-12-27-58)47-48-70-68-46-44-61(55-24-9-3-10-25-55)50-76(68)87(82(70)79)77-52-71-69-30-15-18-35-78(69)89-84(71)83(88)80(77)85/h1-52H. The second kappa shape index (κ2) is 19.4. The summed E-state index contributed by atoms with van der Waals surface area (Å²) >= 11 is 0. The lowest BCUT2D eigenvalue weighted by Gasteiger charge is -2.42. The van der Waals surface area contributed by atoms with Crippen molar-refractivity contribution in [1.29, 1.82) is 0 Å². The van der Waals surface area contributed by atoms with Crippen LogP contribution in [0.4, 0.5) is 17.1 Å². The fourth-order valence-electron chi connectivity index (χ4n) is 15.2. The normalized spacial score (nSPS) is 12.4. The summed E-state index contributed by atoms with van der Waals surface area (Å²) in [5.74, 6) is 0. The zero-order valence-corrected chi connectivity index (χ0v) is 48.3. The second-order valence-electron chi connectivity index (χ2n) is 23.8. The zero-order chi connectivity index (χ0) is 58.3. The Morgan fingerprint density at radius 2 is 0.753 bits per heavy atom. The number of anilines is 3. The molecule has 17 aromatic rings. The third kappa shape index (κ3) is 7.43. The summed E-state index contributed by atoms with van der Waals surface area (Å²) in [4.78, 5) is 2.63. The van der Waals surface area contributed by atoms with Crippen LogP contribution in [0.25, 0.3) is 144 Å². The van der Waals surface area contributed by atoms with E-state index in [1.807, 2.05) is 0 Å². The van der Waals surface area contributed by atoms with Gasteiger partial charge in [0.25, 0.3) is 6.71 Å². The Hall–Kier alpha value is -11.7. The highest BCUT2D eigenvalue weighted by molar-refractivity contribution is 7.01. The summed E-state index contributed by atoms with van der Waals surface area (Å²) in [6.45, 7) is -0.271. The van der Waals surface area contributed by atoms with Crippen LogP contribution in [0, 0.1) is 0 Å². The lowest BCUT2D eigenvalue weighted by Crippen LogP contribution is -2.61. The third-order valence-corrected chi connectivity index (χ3v) is 19.1. The lowest BCUT2D eigenvalue weighted by atomic mass is 9.33. The quantitative estimate of drug-likeness (QED) is 0.142. The highest BCUT2D eigenvalue weighted by Crippen LogP contribution is 2.53. The van der Waals surface area contributed by atoms with Gasteiger partial charge in [-0.3, -0.25) is 0 Å². The number of benzene rings is 14. The van der Waals surface area contributed by atoms with Crippen LogP contribution >= 0.6 is 0 Å². The smallest absolute Gasteiger partial charge is 0.253 e. The van der Waals surface area contributed by atoms with Crippen molar-refractivity contribution in [3.63, 3.8) is 0 Å². The summed E-state index contributed by atoms with van der Waals surface area (Å²) in [5, 5.41) is 7.04. The van der Waals surface area contributed by atoms with Crippen LogP contribution in [0.3, 0.4) is 0 Å². The Morgan fingerprint density at radius 1 is 0.270 bits per heavy atom. The number of rotatable bonds is 8. The topological polar surface area (TPSA) is 26.2 Å². The lowest BCUT2D eigenvalue weighted by molar-refractivity contribution is 0.669. The number of hydrogen-bond acceptors (Lipinski definition) is 2. The molecule has 3 aromatic heterocycles. The van der Waals surface area contributed by atoms with E-state index in [-0.39, 0.29) is 6.71 Å². The molecule has 2 aliphatic rings. The summed E-state index contributed by atoms with van der Waals surface area (Å²) in [7, 11) is 0. The number of fused-ring (bicyclic) bond motifs is 14. The van der Waals surface area contributed by atoms with Gasteiger partial charge in [0.05, 0.1) is 27.9 Å². The van der Waals surface area contributed by atoms with Gasteiger partial charge in [0.15, 0.2) is 5.58 Å². The second-order valence-corrected chi connectivity index (χ2v) is 23.8. The minimum absolute atomic E-state index is 0.271. The van der Waals surface area contributed by atoms with E-state index in [1.54, 1.807) is 0 Å². The molecular weight excluding hydrogens is 1080 g/mol. The third-order valence-electron chi connectivity index (χ3n) is 19.1.